The molecule has 0 unspecified atom stereocenters. The molecule has 5 rings (SSSR count). The Morgan fingerprint density at radius 3 is 2.46 bits per heavy atom. The first-order valence-electron chi connectivity index (χ1n) is 12.6. The van der Waals surface area contributed by atoms with E-state index < -0.39 is 0 Å². The molecular formula is C28H31ClN6O3S. The third-order valence-corrected chi connectivity index (χ3v) is 7.33. The predicted molar refractivity (Wildman–Crippen MR) is 157 cm³/mol. The Balaban J connectivity index is 1.43. The average Bonchev–Trinajstić information content (AvgIpc) is 3.65. The van der Waals surface area contributed by atoms with Crippen molar-refractivity contribution in [2.45, 2.75) is 18.9 Å². The fraction of sp³-hybridized carbons (Fsp3) is 0.321. The summed E-state index contributed by atoms with van der Waals surface area (Å²) in [7, 11) is 7.27. The van der Waals surface area contributed by atoms with Crippen molar-refractivity contribution in [1.29, 1.82) is 0 Å². The van der Waals surface area contributed by atoms with Crippen LogP contribution in [0.4, 0.5) is 16.8 Å². The minimum absolute atomic E-state index is 0.448. The number of likely N-dealkylation sites (N-methyl/N-ethyl adjacent to an activating group) is 1. The molecular weight excluding hydrogens is 536 g/mol. The predicted octanol–water partition coefficient (Wildman–Crippen LogP) is 6.20. The van der Waals surface area contributed by atoms with Crippen molar-refractivity contribution in [3.63, 3.8) is 0 Å². The van der Waals surface area contributed by atoms with Crippen LogP contribution in [-0.2, 0) is 0 Å². The number of benzene rings is 2. The standard InChI is InChI=1S/C28H31ClN6O3S/c1-35(2)11-12-38-24-8-7-19(15-22(24)29)31-27-30-10-9-23(33-27)26-25(34-28(39-26)32-18-5-6-18)17-13-20(36-3)16-21(14-17)37-4/h7-10,13-16,18H,5-6,11-12H2,1-4H3,(H,32,34)(H,30,31,33). The Hall–Kier alpha value is -3.60. The molecule has 0 saturated heterocycles. The van der Waals surface area contributed by atoms with E-state index in [9.17, 15) is 0 Å². The van der Waals surface area contributed by atoms with E-state index >= 15 is 0 Å². The van der Waals surface area contributed by atoms with Gasteiger partial charge >= 0.3 is 0 Å². The number of nitrogens with zero attached hydrogens (tertiary/aromatic N) is 4. The molecule has 0 spiro atoms. The lowest BCUT2D eigenvalue weighted by atomic mass is 10.1. The quantitative estimate of drug-likeness (QED) is 0.208. The summed E-state index contributed by atoms with van der Waals surface area (Å²) in [6, 6.07) is 13.6. The van der Waals surface area contributed by atoms with Gasteiger partial charge in [0.05, 0.1) is 35.5 Å². The van der Waals surface area contributed by atoms with E-state index in [-0.39, 0.29) is 0 Å². The van der Waals surface area contributed by atoms with Gasteiger partial charge in [-0.25, -0.2) is 15.0 Å². The van der Waals surface area contributed by atoms with Gasteiger partial charge in [-0.1, -0.05) is 22.9 Å². The minimum atomic E-state index is 0.448. The van der Waals surface area contributed by atoms with E-state index in [1.807, 2.05) is 50.5 Å². The zero-order valence-electron chi connectivity index (χ0n) is 22.3. The Kier molecular flexibility index (Phi) is 8.35. The number of halogens is 1. The molecule has 0 amide bonds. The van der Waals surface area contributed by atoms with Crippen LogP contribution in [0, 0.1) is 0 Å². The molecule has 0 atom stereocenters. The van der Waals surface area contributed by atoms with Gasteiger partial charge in [0.15, 0.2) is 5.13 Å². The lowest BCUT2D eigenvalue weighted by Gasteiger charge is -2.13. The maximum absolute atomic E-state index is 6.47. The van der Waals surface area contributed by atoms with Crippen LogP contribution < -0.4 is 24.8 Å². The molecule has 204 valence electrons. The number of aromatic nitrogens is 3. The summed E-state index contributed by atoms with van der Waals surface area (Å²) in [5.74, 6) is 2.47. The third-order valence-electron chi connectivity index (χ3n) is 6.03. The molecule has 1 fully saturated rings. The van der Waals surface area contributed by atoms with Crippen LogP contribution in [0.25, 0.3) is 21.8 Å². The SMILES string of the molecule is COc1cc(OC)cc(-c2nc(NC3CC3)sc2-c2ccnc(Nc3ccc(OCCN(C)C)c(Cl)c3)n2)c1. The molecule has 4 aromatic rings. The highest BCUT2D eigenvalue weighted by Crippen LogP contribution is 2.42. The van der Waals surface area contributed by atoms with Gasteiger partial charge in [0.1, 0.15) is 23.9 Å². The molecule has 1 aliphatic carbocycles. The lowest BCUT2D eigenvalue weighted by molar-refractivity contribution is 0.261. The molecule has 9 nitrogen and oxygen atoms in total. The Morgan fingerprint density at radius 1 is 1.03 bits per heavy atom. The zero-order valence-corrected chi connectivity index (χ0v) is 23.9. The Morgan fingerprint density at radius 2 is 1.79 bits per heavy atom. The van der Waals surface area contributed by atoms with E-state index in [1.165, 1.54) is 0 Å². The first-order valence-corrected chi connectivity index (χ1v) is 13.8. The van der Waals surface area contributed by atoms with Crippen molar-refractivity contribution < 1.29 is 14.2 Å². The van der Waals surface area contributed by atoms with Crippen LogP contribution in [0.15, 0.2) is 48.7 Å². The number of nitrogens with one attached hydrogen (secondary N) is 2. The second-order valence-corrected chi connectivity index (χ2v) is 10.8. The largest absolute Gasteiger partial charge is 0.497 e. The van der Waals surface area contributed by atoms with Crippen molar-refractivity contribution in [3.05, 3.63) is 53.7 Å². The summed E-state index contributed by atoms with van der Waals surface area (Å²) in [6.07, 6.45) is 4.04. The summed E-state index contributed by atoms with van der Waals surface area (Å²) < 4.78 is 16.8. The van der Waals surface area contributed by atoms with E-state index in [0.717, 1.165) is 52.0 Å². The van der Waals surface area contributed by atoms with Gasteiger partial charge in [-0.3, -0.25) is 0 Å². The molecule has 2 aromatic heterocycles. The molecule has 0 aliphatic heterocycles. The van der Waals surface area contributed by atoms with Gasteiger partial charge in [0, 0.05) is 36.1 Å². The number of ether oxygens (including phenoxy) is 3. The van der Waals surface area contributed by atoms with E-state index in [1.54, 1.807) is 37.8 Å². The van der Waals surface area contributed by atoms with Crippen LogP contribution in [0.1, 0.15) is 12.8 Å². The molecule has 39 heavy (non-hydrogen) atoms. The van der Waals surface area contributed by atoms with Crippen LogP contribution in [-0.4, -0.2) is 67.4 Å². The van der Waals surface area contributed by atoms with E-state index in [0.29, 0.717) is 40.9 Å². The lowest BCUT2D eigenvalue weighted by Crippen LogP contribution is -2.19. The highest BCUT2D eigenvalue weighted by Gasteiger charge is 2.25. The van der Waals surface area contributed by atoms with Gasteiger partial charge in [-0.05, 0) is 63.3 Å². The number of hydrogen-bond acceptors (Lipinski definition) is 10. The van der Waals surface area contributed by atoms with Crippen molar-refractivity contribution in [2.75, 3.05) is 52.1 Å². The highest BCUT2D eigenvalue weighted by molar-refractivity contribution is 7.19. The highest BCUT2D eigenvalue weighted by atomic mass is 35.5. The number of hydrogen-bond donors (Lipinski definition) is 2. The van der Waals surface area contributed by atoms with Gasteiger partial charge in [-0.15, -0.1) is 0 Å². The molecule has 2 heterocycles. The summed E-state index contributed by atoms with van der Waals surface area (Å²) in [4.78, 5) is 17.2. The van der Waals surface area contributed by atoms with Crippen LogP contribution in [0.3, 0.4) is 0 Å². The van der Waals surface area contributed by atoms with Crippen LogP contribution in [0.2, 0.25) is 5.02 Å². The Bertz CT molecular complexity index is 1420. The first kappa shape index (κ1) is 27.0. The van der Waals surface area contributed by atoms with E-state index in [2.05, 4.69) is 20.5 Å². The second kappa shape index (κ2) is 12.1. The average molecular weight is 567 g/mol. The third kappa shape index (κ3) is 6.89. The summed E-state index contributed by atoms with van der Waals surface area (Å²) >= 11 is 8.04. The molecule has 2 aromatic carbocycles. The van der Waals surface area contributed by atoms with E-state index in [4.69, 9.17) is 35.8 Å². The normalized spacial score (nSPS) is 12.9. The van der Waals surface area contributed by atoms with Gasteiger partial charge in [-0.2, -0.15) is 0 Å². The molecule has 0 radical (unpaired) electrons. The Labute approximate surface area is 237 Å². The number of thiazole rings is 1. The van der Waals surface area contributed by atoms with Crippen molar-refractivity contribution in [2.24, 2.45) is 0 Å². The molecule has 0 bridgehead atoms. The monoisotopic (exact) mass is 566 g/mol. The first-order chi connectivity index (χ1) is 18.9. The zero-order chi connectivity index (χ0) is 27.4. The van der Waals surface area contributed by atoms with Gasteiger partial charge in [0.2, 0.25) is 5.95 Å². The summed E-state index contributed by atoms with van der Waals surface area (Å²) in [6.45, 7) is 1.36. The minimum Gasteiger partial charge on any atom is -0.497 e. The summed E-state index contributed by atoms with van der Waals surface area (Å²) in [5, 5.41) is 8.15. The fourth-order valence-corrected chi connectivity index (χ4v) is 5.08. The van der Waals surface area contributed by atoms with Crippen molar-refractivity contribution in [1.82, 2.24) is 19.9 Å². The maximum atomic E-state index is 6.47. The second-order valence-electron chi connectivity index (χ2n) is 9.40. The van der Waals surface area contributed by atoms with Crippen molar-refractivity contribution in [3.8, 4) is 39.1 Å². The smallest absolute Gasteiger partial charge is 0.227 e. The van der Waals surface area contributed by atoms with Crippen LogP contribution in [0.5, 0.6) is 17.2 Å². The van der Waals surface area contributed by atoms with Crippen molar-refractivity contribution >= 4 is 39.7 Å². The van der Waals surface area contributed by atoms with Gasteiger partial charge in [0.25, 0.3) is 0 Å². The number of rotatable bonds is 12. The number of methoxy groups -OCH3 is 2. The number of anilines is 3. The van der Waals surface area contributed by atoms with Gasteiger partial charge < -0.3 is 29.7 Å². The molecule has 11 heteroatoms. The topological polar surface area (TPSA) is 93.7 Å². The summed E-state index contributed by atoms with van der Waals surface area (Å²) in [5.41, 5.74) is 3.19. The fourth-order valence-electron chi connectivity index (χ4n) is 3.81. The molecule has 1 saturated carbocycles. The maximum Gasteiger partial charge on any atom is 0.227 e. The molecule has 1 aliphatic rings. The molecule has 2 N–H and O–H groups in total. The van der Waals surface area contributed by atoms with Crippen LogP contribution >= 0.6 is 22.9 Å².